The Morgan fingerprint density at radius 2 is 1.64 bits per heavy atom. The molecule has 13 nitrogen and oxygen atoms in total. The number of nitrogens with two attached hydrogens (primary N) is 2. The van der Waals surface area contributed by atoms with E-state index in [9.17, 15) is 34.2 Å². The van der Waals surface area contributed by atoms with Crippen LogP contribution >= 0.6 is 0 Å². The number of carboxylic acids is 1. The SMILES string of the molecule is CC[C@H](C)[C@H](NC(=O)CNC(=O)[C@H](CCCNC(N)=O)NC(=O)[C@@H](N)Cc1ccc(O)cc1)C(=O)O. The molecule has 0 unspecified atom stereocenters. The minimum atomic E-state index is -1.18. The number of urea groups is 1. The Balaban J connectivity index is 2.76. The summed E-state index contributed by atoms with van der Waals surface area (Å²) < 4.78 is 0. The molecule has 0 radical (unpaired) electrons. The second-order valence-corrected chi connectivity index (χ2v) is 8.46. The second-order valence-electron chi connectivity index (χ2n) is 8.46. The zero-order valence-corrected chi connectivity index (χ0v) is 20.5. The highest BCUT2D eigenvalue weighted by molar-refractivity contribution is 5.92. The fourth-order valence-corrected chi connectivity index (χ4v) is 3.24. The van der Waals surface area contributed by atoms with Crippen molar-refractivity contribution < 1.29 is 34.2 Å². The Kier molecular flexibility index (Phi) is 12.7. The number of aliphatic carboxylic acids is 1. The predicted molar refractivity (Wildman–Crippen MR) is 131 cm³/mol. The van der Waals surface area contributed by atoms with Crippen LogP contribution in [0.4, 0.5) is 4.79 Å². The molecule has 0 fully saturated rings. The summed E-state index contributed by atoms with van der Waals surface area (Å²) in [6.07, 6.45) is 1.07. The van der Waals surface area contributed by atoms with Gasteiger partial charge in [0.25, 0.3) is 0 Å². The lowest BCUT2D eigenvalue weighted by molar-refractivity contribution is -0.143. The summed E-state index contributed by atoms with van der Waals surface area (Å²) >= 11 is 0. The van der Waals surface area contributed by atoms with Crippen molar-refractivity contribution in [3.05, 3.63) is 29.8 Å². The molecule has 0 bridgehead atoms. The van der Waals surface area contributed by atoms with Crippen molar-refractivity contribution in [2.24, 2.45) is 17.4 Å². The van der Waals surface area contributed by atoms with Crippen molar-refractivity contribution in [1.29, 1.82) is 0 Å². The molecule has 4 atom stereocenters. The van der Waals surface area contributed by atoms with Gasteiger partial charge in [0, 0.05) is 6.54 Å². The number of carboxylic acid groups (broad SMARTS) is 1. The summed E-state index contributed by atoms with van der Waals surface area (Å²) in [4.78, 5) is 59.9. The van der Waals surface area contributed by atoms with Gasteiger partial charge in [-0.25, -0.2) is 9.59 Å². The predicted octanol–water partition coefficient (Wildman–Crippen LogP) is -1.07. The van der Waals surface area contributed by atoms with Gasteiger partial charge < -0.3 is 42.9 Å². The van der Waals surface area contributed by atoms with Crippen LogP contribution in [-0.4, -0.2) is 71.2 Å². The lowest BCUT2D eigenvalue weighted by atomic mass is 9.99. The Labute approximate surface area is 209 Å². The number of primary amides is 1. The van der Waals surface area contributed by atoms with Gasteiger partial charge in [0.05, 0.1) is 12.6 Å². The zero-order valence-electron chi connectivity index (χ0n) is 20.5. The van der Waals surface area contributed by atoms with E-state index in [1.54, 1.807) is 26.0 Å². The Hall–Kier alpha value is -3.87. The highest BCUT2D eigenvalue weighted by atomic mass is 16.4. The first-order chi connectivity index (χ1) is 16.9. The number of nitrogens with one attached hydrogen (secondary N) is 4. The standard InChI is InChI=1S/C23H36N6O7/c1-3-13(2)19(22(34)35)29-18(31)12-27-21(33)17(5-4-10-26-23(25)36)28-20(32)16(24)11-14-6-8-15(30)9-7-14/h6-9,13,16-17,19,30H,3-5,10-12,24H2,1-2H3,(H,27,33)(H,28,32)(H,29,31)(H,34,35)(H3,25,26,36)/t13-,16-,17-,19-/m0/s1. The molecular weight excluding hydrogens is 472 g/mol. The lowest BCUT2D eigenvalue weighted by Crippen LogP contribution is -2.54. The molecule has 200 valence electrons. The van der Waals surface area contributed by atoms with Crippen LogP contribution in [0.15, 0.2) is 24.3 Å². The summed E-state index contributed by atoms with van der Waals surface area (Å²) in [6, 6.07) is 2.25. The summed E-state index contributed by atoms with van der Waals surface area (Å²) in [7, 11) is 0. The van der Waals surface area contributed by atoms with Gasteiger partial charge in [-0.3, -0.25) is 14.4 Å². The minimum absolute atomic E-state index is 0.0703. The average Bonchev–Trinajstić information content (AvgIpc) is 2.83. The van der Waals surface area contributed by atoms with E-state index in [1.807, 2.05) is 0 Å². The van der Waals surface area contributed by atoms with Gasteiger partial charge in [0.15, 0.2) is 0 Å². The molecule has 1 aromatic rings. The topological polar surface area (TPSA) is 226 Å². The van der Waals surface area contributed by atoms with Crippen LogP contribution in [0.1, 0.15) is 38.7 Å². The molecule has 36 heavy (non-hydrogen) atoms. The van der Waals surface area contributed by atoms with Crippen LogP contribution < -0.4 is 32.7 Å². The Morgan fingerprint density at radius 3 is 2.19 bits per heavy atom. The molecule has 0 saturated carbocycles. The van der Waals surface area contributed by atoms with E-state index in [0.717, 1.165) is 0 Å². The van der Waals surface area contributed by atoms with E-state index >= 15 is 0 Å². The number of hydrogen-bond acceptors (Lipinski definition) is 7. The lowest BCUT2D eigenvalue weighted by Gasteiger charge is -2.22. The van der Waals surface area contributed by atoms with E-state index in [0.29, 0.717) is 12.0 Å². The monoisotopic (exact) mass is 508 g/mol. The number of hydrogen-bond donors (Lipinski definition) is 8. The molecule has 0 aromatic heterocycles. The van der Waals surface area contributed by atoms with Crippen LogP contribution in [-0.2, 0) is 25.6 Å². The molecule has 10 N–H and O–H groups in total. The van der Waals surface area contributed by atoms with Gasteiger partial charge in [-0.2, -0.15) is 0 Å². The normalized spacial score (nSPS) is 14.0. The van der Waals surface area contributed by atoms with Crippen LogP contribution in [0, 0.1) is 5.92 Å². The van der Waals surface area contributed by atoms with Crippen molar-refractivity contribution >= 4 is 29.7 Å². The first-order valence-corrected chi connectivity index (χ1v) is 11.6. The van der Waals surface area contributed by atoms with E-state index < -0.39 is 54.4 Å². The van der Waals surface area contributed by atoms with Crippen LogP contribution in [0.5, 0.6) is 5.75 Å². The number of aromatic hydroxyl groups is 1. The molecular formula is C23H36N6O7. The minimum Gasteiger partial charge on any atom is -0.508 e. The molecule has 0 heterocycles. The number of phenols is 1. The smallest absolute Gasteiger partial charge is 0.326 e. The fourth-order valence-electron chi connectivity index (χ4n) is 3.24. The molecule has 0 aliphatic carbocycles. The molecule has 13 heteroatoms. The van der Waals surface area contributed by atoms with Crippen molar-refractivity contribution in [3.63, 3.8) is 0 Å². The van der Waals surface area contributed by atoms with Gasteiger partial charge in [-0.1, -0.05) is 32.4 Å². The van der Waals surface area contributed by atoms with Gasteiger partial charge in [-0.05, 0) is 42.9 Å². The van der Waals surface area contributed by atoms with E-state index in [1.165, 1.54) is 12.1 Å². The molecule has 0 spiro atoms. The third-order valence-electron chi connectivity index (χ3n) is 5.55. The Bertz CT molecular complexity index is 909. The average molecular weight is 509 g/mol. The third kappa shape index (κ3) is 11.0. The van der Waals surface area contributed by atoms with Crippen LogP contribution in [0.25, 0.3) is 0 Å². The molecule has 5 amide bonds. The molecule has 0 aliphatic heterocycles. The van der Waals surface area contributed by atoms with Crippen LogP contribution in [0.2, 0.25) is 0 Å². The van der Waals surface area contributed by atoms with E-state index in [-0.39, 0.29) is 37.5 Å². The largest absolute Gasteiger partial charge is 0.508 e. The van der Waals surface area contributed by atoms with Crippen molar-refractivity contribution in [2.75, 3.05) is 13.1 Å². The first-order valence-electron chi connectivity index (χ1n) is 11.6. The highest BCUT2D eigenvalue weighted by Crippen LogP contribution is 2.11. The fraction of sp³-hybridized carbons (Fsp3) is 0.522. The number of rotatable bonds is 15. The van der Waals surface area contributed by atoms with Crippen LogP contribution in [0.3, 0.4) is 0 Å². The summed E-state index contributed by atoms with van der Waals surface area (Å²) in [5, 5.41) is 28.4. The zero-order chi connectivity index (χ0) is 27.3. The van der Waals surface area contributed by atoms with Gasteiger partial charge in [0.1, 0.15) is 17.8 Å². The second kappa shape index (κ2) is 15.2. The summed E-state index contributed by atoms with van der Waals surface area (Å²) in [5.41, 5.74) is 11.7. The number of amides is 5. The quantitative estimate of drug-likeness (QED) is 0.136. The van der Waals surface area contributed by atoms with Crippen molar-refractivity contribution in [1.82, 2.24) is 21.3 Å². The number of benzene rings is 1. The maximum atomic E-state index is 12.7. The van der Waals surface area contributed by atoms with E-state index in [4.69, 9.17) is 11.5 Å². The summed E-state index contributed by atoms with van der Waals surface area (Å²) in [5.74, 6) is -3.41. The maximum absolute atomic E-state index is 12.7. The molecule has 1 aromatic carbocycles. The molecule has 0 aliphatic rings. The third-order valence-corrected chi connectivity index (χ3v) is 5.55. The number of phenolic OH excluding ortho intramolecular Hbond substituents is 1. The van der Waals surface area contributed by atoms with Crippen molar-refractivity contribution in [2.45, 2.75) is 57.7 Å². The van der Waals surface area contributed by atoms with E-state index in [2.05, 4.69) is 21.3 Å². The highest BCUT2D eigenvalue weighted by Gasteiger charge is 2.27. The van der Waals surface area contributed by atoms with Gasteiger partial charge in [0.2, 0.25) is 17.7 Å². The molecule has 1 rings (SSSR count). The number of carbonyl (C=O) groups excluding carboxylic acids is 4. The summed E-state index contributed by atoms with van der Waals surface area (Å²) in [6.45, 7) is 3.14. The van der Waals surface area contributed by atoms with Crippen molar-refractivity contribution in [3.8, 4) is 5.75 Å². The Morgan fingerprint density at radius 1 is 1.00 bits per heavy atom. The maximum Gasteiger partial charge on any atom is 0.326 e. The first kappa shape index (κ1) is 30.2. The van der Waals surface area contributed by atoms with Gasteiger partial charge in [-0.15, -0.1) is 0 Å². The number of carbonyl (C=O) groups is 5. The molecule has 0 saturated heterocycles. The van der Waals surface area contributed by atoms with Gasteiger partial charge >= 0.3 is 12.0 Å².